The van der Waals surface area contributed by atoms with Crippen LogP contribution in [0.15, 0.2) is 30.4 Å². The van der Waals surface area contributed by atoms with Crippen LogP contribution in [0.2, 0.25) is 0 Å². The fourth-order valence-corrected chi connectivity index (χ4v) is 5.01. The molecule has 2 fully saturated rings. The van der Waals surface area contributed by atoms with Gasteiger partial charge in [-0.15, -0.1) is 12.4 Å². The fraction of sp³-hybridized carbons (Fsp3) is 0.583. The number of amides is 2. The van der Waals surface area contributed by atoms with Crippen LogP contribution in [-0.2, 0) is 4.79 Å². The number of hydrogen-bond acceptors (Lipinski definition) is 3. The van der Waals surface area contributed by atoms with Crippen molar-refractivity contribution in [1.82, 2.24) is 19.7 Å². The lowest BCUT2D eigenvalue weighted by atomic mass is 9.79. The van der Waals surface area contributed by atoms with E-state index in [9.17, 15) is 9.59 Å². The molecule has 1 aromatic carbocycles. The van der Waals surface area contributed by atoms with Crippen molar-refractivity contribution in [1.29, 1.82) is 0 Å². The highest BCUT2D eigenvalue weighted by atomic mass is 35.5. The summed E-state index contributed by atoms with van der Waals surface area (Å²) in [6, 6.07) is 7.13. The normalized spacial score (nSPS) is 19.2. The van der Waals surface area contributed by atoms with E-state index in [1.54, 1.807) is 23.1 Å². The Balaban J connectivity index is 0.00000289. The average Bonchev–Trinajstić information content (AvgIpc) is 3.16. The molecule has 6 nitrogen and oxygen atoms in total. The Hall–Kier alpha value is -2.05. The zero-order chi connectivity index (χ0) is 22.0. The summed E-state index contributed by atoms with van der Waals surface area (Å²) in [5, 5.41) is 0.910. The number of likely N-dealkylation sites (tertiary alicyclic amines) is 2. The van der Waals surface area contributed by atoms with Crippen LogP contribution in [0.3, 0.4) is 0 Å². The van der Waals surface area contributed by atoms with Crippen molar-refractivity contribution in [3.63, 3.8) is 0 Å². The van der Waals surface area contributed by atoms with Gasteiger partial charge in [0.1, 0.15) is 6.54 Å². The van der Waals surface area contributed by atoms with Gasteiger partial charge in [0, 0.05) is 36.9 Å². The van der Waals surface area contributed by atoms with Crippen molar-refractivity contribution in [2.24, 2.45) is 11.8 Å². The molecular formula is C24H35ClN4O2. The molecule has 0 atom stereocenters. The standard InChI is InChI=1S/C24H34N4O2.ClH/c1-3-27(24(30)21-5-4-20-6-11-25-22(20)16-21)17-23(29)28-14-9-19(10-15-28)18-7-12-26(2)13-8-18;/h4-6,11,16,18-19,25H,3,7-10,12-15,17H2,1-2H3;1H/i11D;. The smallest absolute Gasteiger partial charge is 0.254 e. The maximum atomic E-state index is 13.0. The average molecular weight is 448 g/mol. The van der Waals surface area contributed by atoms with Crippen LogP contribution in [0.4, 0.5) is 0 Å². The first-order valence-corrected chi connectivity index (χ1v) is 11.3. The Labute approximate surface area is 192 Å². The number of aromatic nitrogens is 1. The summed E-state index contributed by atoms with van der Waals surface area (Å²) >= 11 is 0. The third kappa shape index (κ3) is 5.42. The Morgan fingerprint density at radius 1 is 1.10 bits per heavy atom. The number of nitrogens with zero attached hydrogens (tertiary/aromatic N) is 3. The molecule has 0 spiro atoms. The number of hydrogen-bond donors (Lipinski definition) is 1. The van der Waals surface area contributed by atoms with Crippen molar-refractivity contribution in [3.8, 4) is 0 Å². The zero-order valence-electron chi connectivity index (χ0n) is 19.6. The number of aromatic amines is 1. The Morgan fingerprint density at radius 3 is 2.39 bits per heavy atom. The van der Waals surface area contributed by atoms with Crippen molar-refractivity contribution in [2.45, 2.75) is 32.6 Å². The van der Waals surface area contributed by atoms with Gasteiger partial charge in [-0.3, -0.25) is 9.59 Å². The van der Waals surface area contributed by atoms with Gasteiger partial charge in [-0.2, -0.15) is 0 Å². The molecule has 2 aliphatic rings. The number of carbonyl (C=O) groups is 2. The first kappa shape index (κ1) is 22.2. The van der Waals surface area contributed by atoms with E-state index in [-0.39, 0.29) is 30.8 Å². The van der Waals surface area contributed by atoms with Gasteiger partial charge in [0.25, 0.3) is 5.91 Å². The van der Waals surface area contributed by atoms with E-state index >= 15 is 0 Å². The molecule has 170 valence electrons. The van der Waals surface area contributed by atoms with Crippen LogP contribution in [0.25, 0.3) is 10.9 Å². The lowest BCUT2D eigenvalue weighted by molar-refractivity contribution is -0.133. The van der Waals surface area contributed by atoms with Crippen LogP contribution in [0, 0.1) is 11.8 Å². The molecule has 0 radical (unpaired) electrons. The van der Waals surface area contributed by atoms with E-state index < -0.39 is 0 Å². The topological polar surface area (TPSA) is 59.7 Å². The third-order valence-electron chi connectivity index (χ3n) is 7.05. The van der Waals surface area contributed by atoms with Crippen molar-refractivity contribution in [2.75, 3.05) is 46.3 Å². The van der Waals surface area contributed by atoms with Crippen molar-refractivity contribution in [3.05, 3.63) is 36.0 Å². The largest absolute Gasteiger partial charge is 0.361 e. The van der Waals surface area contributed by atoms with E-state index in [2.05, 4.69) is 16.9 Å². The molecule has 4 rings (SSSR count). The molecule has 0 aliphatic carbocycles. The summed E-state index contributed by atoms with van der Waals surface area (Å²) in [6.45, 7) is 6.52. The van der Waals surface area contributed by atoms with Gasteiger partial charge < -0.3 is 19.7 Å². The molecule has 2 saturated heterocycles. The lowest BCUT2D eigenvalue weighted by Gasteiger charge is -2.39. The number of halogens is 1. The van der Waals surface area contributed by atoms with Crippen LogP contribution < -0.4 is 0 Å². The Morgan fingerprint density at radius 2 is 1.74 bits per heavy atom. The lowest BCUT2D eigenvalue weighted by Crippen LogP contribution is -2.47. The SMILES string of the molecule is Cl.[2H]c1cc2ccc(C(=O)N(CC)CC(=O)N3CCC(C4CCN(C)CC4)CC3)cc2[nH]1. The van der Waals surface area contributed by atoms with Crippen molar-refractivity contribution < 1.29 is 11.0 Å². The Kier molecular flexibility index (Phi) is 7.51. The highest BCUT2D eigenvalue weighted by Crippen LogP contribution is 2.32. The van der Waals surface area contributed by atoms with E-state index in [4.69, 9.17) is 1.37 Å². The van der Waals surface area contributed by atoms with Crippen LogP contribution in [-0.4, -0.2) is 77.8 Å². The van der Waals surface area contributed by atoms with Gasteiger partial charge in [0.2, 0.25) is 5.91 Å². The summed E-state index contributed by atoms with van der Waals surface area (Å²) in [7, 11) is 2.20. The maximum absolute atomic E-state index is 13.0. The summed E-state index contributed by atoms with van der Waals surface area (Å²) in [6.07, 6.45) is 5.05. The van der Waals surface area contributed by atoms with Crippen LogP contribution >= 0.6 is 12.4 Å². The zero-order valence-corrected chi connectivity index (χ0v) is 19.4. The summed E-state index contributed by atoms with van der Waals surface area (Å²) < 4.78 is 7.71. The van der Waals surface area contributed by atoms with E-state index in [0.29, 0.717) is 18.3 Å². The predicted octanol–water partition coefficient (Wildman–Crippen LogP) is 3.63. The van der Waals surface area contributed by atoms with Gasteiger partial charge in [0.15, 0.2) is 0 Å². The van der Waals surface area contributed by atoms with Gasteiger partial charge in [-0.1, -0.05) is 6.07 Å². The molecule has 7 heteroatoms. The molecule has 0 saturated carbocycles. The summed E-state index contributed by atoms with van der Waals surface area (Å²) in [5.41, 5.74) is 1.32. The molecule has 2 aromatic rings. The number of benzene rings is 1. The number of rotatable bonds is 5. The minimum atomic E-state index is -0.139. The van der Waals surface area contributed by atoms with E-state index in [1.807, 2.05) is 17.9 Å². The molecular weight excluding hydrogens is 412 g/mol. The number of nitrogens with one attached hydrogen (secondary N) is 1. The molecule has 2 aliphatic heterocycles. The van der Waals surface area contributed by atoms with Gasteiger partial charge >= 0.3 is 0 Å². The number of likely N-dealkylation sites (N-methyl/N-ethyl adjacent to an activating group) is 1. The second-order valence-electron chi connectivity index (χ2n) is 8.89. The van der Waals surface area contributed by atoms with E-state index in [1.165, 1.54) is 25.9 Å². The monoisotopic (exact) mass is 447 g/mol. The summed E-state index contributed by atoms with van der Waals surface area (Å²) in [4.78, 5) is 34.9. The van der Waals surface area contributed by atoms with Crippen LogP contribution in [0.5, 0.6) is 0 Å². The minimum absolute atomic E-state index is 0. The minimum Gasteiger partial charge on any atom is -0.361 e. The number of carbonyl (C=O) groups excluding carboxylic acids is 2. The van der Waals surface area contributed by atoms with Crippen molar-refractivity contribution >= 4 is 35.1 Å². The highest BCUT2D eigenvalue weighted by Gasteiger charge is 2.31. The highest BCUT2D eigenvalue weighted by molar-refractivity contribution is 5.99. The molecule has 1 aromatic heterocycles. The molecule has 1 N–H and O–H groups in total. The second-order valence-corrected chi connectivity index (χ2v) is 8.89. The van der Waals surface area contributed by atoms with Gasteiger partial charge in [-0.25, -0.2) is 0 Å². The number of fused-ring (bicyclic) bond motifs is 1. The maximum Gasteiger partial charge on any atom is 0.254 e. The van der Waals surface area contributed by atoms with E-state index in [0.717, 1.165) is 48.7 Å². The molecule has 3 heterocycles. The molecule has 31 heavy (non-hydrogen) atoms. The Bertz CT molecular complexity index is 933. The van der Waals surface area contributed by atoms with Gasteiger partial charge in [-0.05, 0) is 88.2 Å². The second kappa shape index (κ2) is 10.5. The quantitative estimate of drug-likeness (QED) is 0.761. The number of piperidine rings is 2. The predicted molar refractivity (Wildman–Crippen MR) is 127 cm³/mol. The third-order valence-corrected chi connectivity index (χ3v) is 7.05. The number of H-pyrrole nitrogens is 1. The molecule has 0 unspecified atom stereocenters. The fourth-order valence-electron chi connectivity index (χ4n) is 5.01. The van der Waals surface area contributed by atoms with Gasteiger partial charge in [0.05, 0.1) is 1.37 Å². The first-order valence-electron chi connectivity index (χ1n) is 11.8. The van der Waals surface area contributed by atoms with Crippen LogP contribution in [0.1, 0.15) is 44.3 Å². The molecule has 2 amide bonds. The first-order chi connectivity index (χ1) is 14.9. The molecule has 0 bridgehead atoms. The summed E-state index contributed by atoms with van der Waals surface area (Å²) in [5.74, 6) is 1.44.